The van der Waals surface area contributed by atoms with Crippen molar-refractivity contribution in [3.63, 3.8) is 0 Å². The molecule has 5 nitrogen and oxygen atoms in total. The van der Waals surface area contributed by atoms with E-state index in [9.17, 15) is 4.79 Å². The second-order valence-electron chi connectivity index (χ2n) is 3.55. The molecule has 1 aromatic heterocycles. The molecule has 0 aliphatic carbocycles. The van der Waals surface area contributed by atoms with Gasteiger partial charge in [-0.3, -0.25) is 14.8 Å². The van der Waals surface area contributed by atoms with E-state index in [1.807, 2.05) is 24.3 Å². The number of carbonyl (C=O) groups is 1. The van der Waals surface area contributed by atoms with Crippen LogP contribution in [0, 0.1) is 16.7 Å². The Bertz CT molecular complexity index is 699. The number of alkyl halides is 1. The number of thiazole rings is 1. The standard InChI is InChI=1S/C12H9ClN4OS/c13-6-10(18)16-11-9(7-14)19-12(15)17(11)8-4-2-1-3-5-8/h1-5,15H,6H2,(H,16,18). The molecule has 0 saturated heterocycles. The first kappa shape index (κ1) is 13.3. The monoisotopic (exact) mass is 292 g/mol. The number of halogens is 1. The van der Waals surface area contributed by atoms with Gasteiger partial charge in [0.05, 0.1) is 0 Å². The number of nitriles is 1. The quantitative estimate of drug-likeness (QED) is 0.849. The highest BCUT2D eigenvalue weighted by Gasteiger charge is 2.16. The number of para-hydroxylation sites is 1. The SMILES string of the molecule is N#Cc1sc(=N)n(-c2ccccc2)c1NC(=O)CCl. The van der Waals surface area contributed by atoms with Crippen LogP contribution in [0.1, 0.15) is 4.88 Å². The Kier molecular flexibility index (Phi) is 4.00. The van der Waals surface area contributed by atoms with Gasteiger partial charge in [0.1, 0.15) is 22.6 Å². The summed E-state index contributed by atoms with van der Waals surface area (Å²) >= 11 is 6.45. The molecule has 2 aromatic rings. The number of nitrogens with one attached hydrogen (secondary N) is 2. The fourth-order valence-electron chi connectivity index (χ4n) is 1.57. The lowest BCUT2D eigenvalue weighted by atomic mass is 10.3. The zero-order valence-electron chi connectivity index (χ0n) is 9.68. The number of aromatic nitrogens is 1. The smallest absolute Gasteiger partial charge is 0.240 e. The lowest BCUT2D eigenvalue weighted by Crippen LogP contribution is -2.20. The summed E-state index contributed by atoms with van der Waals surface area (Å²) in [7, 11) is 0. The summed E-state index contributed by atoms with van der Waals surface area (Å²) in [4.78, 5) is 11.9. The molecule has 96 valence electrons. The number of amides is 1. The summed E-state index contributed by atoms with van der Waals surface area (Å²) in [5.41, 5.74) is 0.704. The fourth-order valence-corrected chi connectivity index (χ4v) is 2.40. The fraction of sp³-hybridized carbons (Fsp3) is 0.0833. The Morgan fingerprint density at radius 2 is 2.16 bits per heavy atom. The molecule has 0 aliphatic heterocycles. The van der Waals surface area contributed by atoms with Gasteiger partial charge in [-0.2, -0.15) is 5.26 Å². The van der Waals surface area contributed by atoms with Crippen molar-refractivity contribution in [2.45, 2.75) is 0 Å². The van der Waals surface area contributed by atoms with Crippen molar-refractivity contribution in [1.29, 1.82) is 10.7 Å². The van der Waals surface area contributed by atoms with Gasteiger partial charge in [0.25, 0.3) is 0 Å². The highest BCUT2D eigenvalue weighted by Crippen LogP contribution is 2.21. The molecule has 0 unspecified atom stereocenters. The van der Waals surface area contributed by atoms with E-state index in [0.29, 0.717) is 5.69 Å². The number of rotatable bonds is 3. The van der Waals surface area contributed by atoms with E-state index in [1.54, 1.807) is 12.1 Å². The van der Waals surface area contributed by atoms with Gasteiger partial charge in [-0.25, -0.2) is 0 Å². The molecule has 0 saturated carbocycles. The van der Waals surface area contributed by atoms with Crippen LogP contribution in [0.25, 0.3) is 5.69 Å². The first-order valence-corrected chi connectivity index (χ1v) is 6.64. The average molecular weight is 293 g/mol. The maximum Gasteiger partial charge on any atom is 0.240 e. The lowest BCUT2D eigenvalue weighted by Gasteiger charge is -2.09. The molecule has 7 heteroatoms. The number of carbonyl (C=O) groups excluding carboxylic acids is 1. The normalized spacial score (nSPS) is 9.89. The van der Waals surface area contributed by atoms with E-state index in [-0.39, 0.29) is 21.4 Å². The molecule has 0 radical (unpaired) electrons. The van der Waals surface area contributed by atoms with E-state index >= 15 is 0 Å². The van der Waals surface area contributed by atoms with E-state index < -0.39 is 5.91 Å². The van der Waals surface area contributed by atoms with Gasteiger partial charge >= 0.3 is 0 Å². The predicted molar refractivity (Wildman–Crippen MR) is 73.6 cm³/mol. The minimum absolute atomic E-state index is 0.160. The Hall–Kier alpha value is -2.10. The zero-order chi connectivity index (χ0) is 13.8. The van der Waals surface area contributed by atoms with Gasteiger partial charge in [0.15, 0.2) is 4.80 Å². The summed E-state index contributed by atoms with van der Waals surface area (Å²) in [5.74, 6) is -0.335. The summed E-state index contributed by atoms with van der Waals surface area (Å²) in [6.45, 7) is 0. The molecule has 2 N–H and O–H groups in total. The van der Waals surface area contributed by atoms with Crippen molar-refractivity contribution in [3.8, 4) is 11.8 Å². The number of anilines is 1. The van der Waals surface area contributed by atoms with Crippen molar-refractivity contribution in [2.75, 3.05) is 11.2 Å². The minimum Gasteiger partial charge on any atom is -0.309 e. The third-order valence-electron chi connectivity index (χ3n) is 2.34. The summed E-state index contributed by atoms with van der Waals surface area (Å²) in [6.07, 6.45) is 0. The number of hydrogen-bond acceptors (Lipinski definition) is 4. The van der Waals surface area contributed by atoms with Crippen molar-refractivity contribution >= 4 is 34.7 Å². The van der Waals surface area contributed by atoms with Crippen molar-refractivity contribution in [3.05, 3.63) is 40.0 Å². The molecule has 1 aromatic carbocycles. The van der Waals surface area contributed by atoms with E-state index in [4.69, 9.17) is 22.3 Å². The summed E-state index contributed by atoms with van der Waals surface area (Å²) < 4.78 is 1.51. The molecule has 2 rings (SSSR count). The number of benzene rings is 1. The molecular formula is C12H9ClN4OS. The van der Waals surface area contributed by atoms with Gasteiger partial charge in [0.2, 0.25) is 5.91 Å². The highest BCUT2D eigenvalue weighted by atomic mass is 35.5. The molecule has 0 bridgehead atoms. The van der Waals surface area contributed by atoms with E-state index in [0.717, 1.165) is 11.3 Å². The van der Waals surface area contributed by atoms with Crippen LogP contribution >= 0.6 is 22.9 Å². The highest BCUT2D eigenvalue weighted by molar-refractivity contribution is 7.10. The van der Waals surface area contributed by atoms with Crippen molar-refractivity contribution in [2.24, 2.45) is 0 Å². The Labute approximate surface area is 118 Å². The first-order chi connectivity index (χ1) is 9.17. The largest absolute Gasteiger partial charge is 0.309 e. The number of hydrogen-bond donors (Lipinski definition) is 2. The van der Waals surface area contributed by atoms with Crippen LogP contribution in [-0.2, 0) is 4.79 Å². The van der Waals surface area contributed by atoms with Crippen LogP contribution in [0.15, 0.2) is 30.3 Å². The molecule has 1 heterocycles. The van der Waals surface area contributed by atoms with Crippen LogP contribution in [0.5, 0.6) is 0 Å². The van der Waals surface area contributed by atoms with Crippen molar-refractivity contribution in [1.82, 2.24) is 4.57 Å². The third kappa shape index (κ3) is 2.67. The topological polar surface area (TPSA) is 81.7 Å². The minimum atomic E-state index is -0.416. The Morgan fingerprint density at radius 1 is 1.47 bits per heavy atom. The molecule has 19 heavy (non-hydrogen) atoms. The average Bonchev–Trinajstić information content (AvgIpc) is 2.75. The van der Waals surface area contributed by atoms with Crippen LogP contribution in [0.4, 0.5) is 5.82 Å². The van der Waals surface area contributed by atoms with E-state index in [2.05, 4.69) is 5.32 Å². The predicted octanol–water partition coefficient (Wildman–Crippen LogP) is 2.07. The molecule has 0 atom stereocenters. The summed E-state index contributed by atoms with van der Waals surface area (Å²) in [5, 5.41) is 19.5. The van der Waals surface area contributed by atoms with Crippen LogP contribution in [0.2, 0.25) is 0 Å². The zero-order valence-corrected chi connectivity index (χ0v) is 11.3. The molecular weight excluding hydrogens is 284 g/mol. The van der Waals surface area contributed by atoms with Gasteiger partial charge in [0, 0.05) is 5.69 Å². The second-order valence-corrected chi connectivity index (χ2v) is 4.82. The number of nitrogens with zero attached hydrogens (tertiary/aromatic N) is 2. The van der Waals surface area contributed by atoms with Gasteiger partial charge in [-0.15, -0.1) is 11.6 Å². The van der Waals surface area contributed by atoms with Gasteiger partial charge in [-0.05, 0) is 12.1 Å². The molecule has 0 fully saturated rings. The van der Waals surface area contributed by atoms with Crippen LogP contribution < -0.4 is 10.1 Å². The third-order valence-corrected chi connectivity index (χ3v) is 3.44. The first-order valence-electron chi connectivity index (χ1n) is 5.29. The molecule has 0 aliphatic rings. The van der Waals surface area contributed by atoms with Crippen molar-refractivity contribution < 1.29 is 4.79 Å². The van der Waals surface area contributed by atoms with Gasteiger partial charge in [-0.1, -0.05) is 29.5 Å². The molecule has 1 amide bonds. The Morgan fingerprint density at radius 3 is 2.74 bits per heavy atom. The Balaban J connectivity index is 2.61. The van der Waals surface area contributed by atoms with Crippen LogP contribution in [0.3, 0.4) is 0 Å². The maximum absolute atomic E-state index is 11.4. The molecule has 0 spiro atoms. The lowest BCUT2D eigenvalue weighted by molar-refractivity contribution is -0.113. The maximum atomic E-state index is 11.4. The van der Waals surface area contributed by atoms with E-state index in [1.165, 1.54) is 4.57 Å². The second kappa shape index (κ2) is 5.69. The van der Waals surface area contributed by atoms with Crippen LogP contribution in [-0.4, -0.2) is 16.4 Å². The summed E-state index contributed by atoms with van der Waals surface area (Å²) in [6, 6.07) is 11.0. The van der Waals surface area contributed by atoms with Gasteiger partial charge < -0.3 is 5.32 Å².